The third-order valence-corrected chi connectivity index (χ3v) is 5.63. The number of hydrogen-bond acceptors (Lipinski definition) is 5. The Morgan fingerprint density at radius 2 is 2.03 bits per heavy atom. The minimum absolute atomic E-state index is 0.0191. The van der Waals surface area contributed by atoms with Gasteiger partial charge < -0.3 is 4.90 Å². The van der Waals surface area contributed by atoms with E-state index >= 15 is 0 Å². The lowest BCUT2D eigenvalue weighted by Gasteiger charge is -2.25. The molecule has 0 N–H and O–H groups in total. The van der Waals surface area contributed by atoms with Gasteiger partial charge in [-0.05, 0) is 38.8 Å². The van der Waals surface area contributed by atoms with Crippen LogP contribution in [0.15, 0.2) is 41.6 Å². The summed E-state index contributed by atoms with van der Waals surface area (Å²) in [7, 11) is 1.88. The fourth-order valence-corrected chi connectivity index (χ4v) is 4.11. The molecule has 1 amide bonds. The highest BCUT2D eigenvalue weighted by atomic mass is 16.2. The van der Waals surface area contributed by atoms with Gasteiger partial charge in [-0.2, -0.15) is 10.1 Å². The Kier molecular flexibility index (Phi) is 5.48. The van der Waals surface area contributed by atoms with Gasteiger partial charge in [-0.1, -0.05) is 6.07 Å². The first-order valence-electron chi connectivity index (χ1n) is 10.2. The predicted octanol–water partition coefficient (Wildman–Crippen LogP) is 2.41. The molecule has 0 unspecified atom stereocenters. The number of carbonyl (C=O) groups excluding carboxylic acids is 1. The van der Waals surface area contributed by atoms with Crippen LogP contribution in [0.25, 0.3) is 11.1 Å². The zero-order valence-electron chi connectivity index (χ0n) is 17.6. The number of likely N-dealkylation sites (tertiary alicyclic amines) is 1. The van der Waals surface area contributed by atoms with Gasteiger partial charge in [0, 0.05) is 61.5 Å². The molecule has 8 heteroatoms. The van der Waals surface area contributed by atoms with Crippen molar-refractivity contribution in [2.24, 2.45) is 7.05 Å². The van der Waals surface area contributed by atoms with Crippen LogP contribution in [0.4, 0.5) is 0 Å². The van der Waals surface area contributed by atoms with Gasteiger partial charge in [0.05, 0.1) is 17.9 Å². The van der Waals surface area contributed by atoms with Crippen LogP contribution >= 0.6 is 0 Å². The third kappa shape index (κ3) is 4.03. The summed E-state index contributed by atoms with van der Waals surface area (Å²) in [6.07, 6.45) is 7.73. The molecule has 30 heavy (non-hydrogen) atoms. The monoisotopic (exact) mass is 406 g/mol. The van der Waals surface area contributed by atoms with E-state index in [0.29, 0.717) is 12.2 Å². The Morgan fingerprint density at radius 1 is 1.20 bits per heavy atom. The maximum atomic E-state index is 12.9. The van der Waals surface area contributed by atoms with E-state index < -0.39 is 0 Å². The normalized spacial score (nSPS) is 16.2. The second-order valence-electron chi connectivity index (χ2n) is 7.84. The van der Waals surface area contributed by atoms with Crippen molar-refractivity contribution in [3.63, 3.8) is 0 Å². The number of aromatic nitrogens is 5. The highest BCUT2D eigenvalue weighted by Gasteiger charge is 2.30. The molecule has 0 spiro atoms. The van der Waals surface area contributed by atoms with E-state index in [1.54, 1.807) is 16.2 Å². The molecule has 1 aliphatic heterocycles. The number of aryl methyl sites for hydroxylation is 3. The number of hydrogen-bond donors (Lipinski definition) is 0. The van der Waals surface area contributed by atoms with Crippen molar-refractivity contribution in [2.45, 2.75) is 45.7 Å². The molecular formula is C22H26N6O2. The van der Waals surface area contributed by atoms with Crippen molar-refractivity contribution in [3.05, 3.63) is 64.4 Å². The lowest BCUT2D eigenvalue weighted by Crippen LogP contribution is -2.33. The van der Waals surface area contributed by atoms with Gasteiger partial charge >= 0.3 is 5.69 Å². The zero-order chi connectivity index (χ0) is 21.3. The fraction of sp³-hybridized carbons (Fsp3) is 0.409. The van der Waals surface area contributed by atoms with Crippen LogP contribution in [0.2, 0.25) is 0 Å². The first kappa shape index (κ1) is 20.0. The summed E-state index contributed by atoms with van der Waals surface area (Å²) in [4.78, 5) is 35.6. The van der Waals surface area contributed by atoms with Crippen LogP contribution < -0.4 is 5.69 Å². The van der Waals surface area contributed by atoms with Crippen molar-refractivity contribution in [1.82, 2.24) is 29.2 Å². The summed E-state index contributed by atoms with van der Waals surface area (Å²) >= 11 is 0. The molecule has 4 heterocycles. The Hall–Kier alpha value is -3.29. The largest absolute Gasteiger partial charge is 0.347 e. The van der Waals surface area contributed by atoms with Crippen molar-refractivity contribution in [1.29, 1.82) is 0 Å². The summed E-state index contributed by atoms with van der Waals surface area (Å²) in [5, 5.41) is 4.20. The topological polar surface area (TPSA) is 85.9 Å². The summed E-state index contributed by atoms with van der Waals surface area (Å²) in [6, 6.07) is 5.87. The molecule has 0 aromatic carbocycles. The van der Waals surface area contributed by atoms with E-state index in [-0.39, 0.29) is 24.1 Å². The molecule has 1 saturated heterocycles. The number of amides is 1. The molecule has 1 aliphatic rings. The van der Waals surface area contributed by atoms with Gasteiger partial charge in [0.25, 0.3) is 0 Å². The molecule has 0 aliphatic carbocycles. The lowest BCUT2D eigenvalue weighted by atomic mass is 10.1. The Bertz CT molecular complexity index is 1120. The van der Waals surface area contributed by atoms with Crippen molar-refractivity contribution >= 4 is 5.91 Å². The Labute approximate surface area is 175 Å². The van der Waals surface area contributed by atoms with E-state index in [4.69, 9.17) is 0 Å². The summed E-state index contributed by atoms with van der Waals surface area (Å²) in [5.41, 5.74) is 4.14. The molecule has 0 bridgehead atoms. The number of rotatable bonds is 5. The smallest absolute Gasteiger partial charge is 0.334 e. The van der Waals surface area contributed by atoms with Crippen molar-refractivity contribution in [3.8, 4) is 11.1 Å². The standard InChI is InChI=1S/C22H26N6O2/c1-15-11-16(2)27(22(30)25-15)10-8-21(29)28-9-4-5-20(28)19-7-6-17(12-23-19)18-13-24-26(3)14-18/h6-7,11-14,20H,4-5,8-10H2,1-3H3/t20-/m0/s1. The van der Waals surface area contributed by atoms with Gasteiger partial charge in [-0.15, -0.1) is 0 Å². The molecule has 3 aromatic heterocycles. The maximum Gasteiger partial charge on any atom is 0.347 e. The Morgan fingerprint density at radius 3 is 2.70 bits per heavy atom. The summed E-state index contributed by atoms with van der Waals surface area (Å²) in [5.74, 6) is 0.0440. The number of carbonyl (C=O) groups is 1. The van der Waals surface area contributed by atoms with E-state index in [1.807, 2.05) is 55.7 Å². The lowest BCUT2D eigenvalue weighted by molar-refractivity contribution is -0.132. The molecule has 1 atom stereocenters. The molecule has 8 nitrogen and oxygen atoms in total. The Balaban J connectivity index is 1.45. The van der Waals surface area contributed by atoms with Crippen molar-refractivity contribution in [2.75, 3.05) is 6.54 Å². The SMILES string of the molecule is Cc1cc(C)n(CCC(=O)N2CCC[C@H]2c2ccc(-c3cnn(C)c3)cn2)c(=O)n1. The molecule has 0 radical (unpaired) electrons. The van der Waals surface area contributed by atoms with Crippen LogP contribution in [-0.2, 0) is 18.4 Å². The first-order valence-corrected chi connectivity index (χ1v) is 10.2. The number of nitrogens with zero attached hydrogens (tertiary/aromatic N) is 6. The molecule has 4 rings (SSSR count). The molecule has 3 aromatic rings. The van der Waals surface area contributed by atoms with Gasteiger partial charge in [0.1, 0.15) is 0 Å². The first-order chi connectivity index (χ1) is 14.4. The van der Waals surface area contributed by atoms with Gasteiger partial charge in [0.15, 0.2) is 0 Å². The zero-order valence-corrected chi connectivity index (χ0v) is 17.6. The van der Waals surface area contributed by atoms with Crippen LogP contribution in [-0.4, -0.2) is 41.7 Å². The third-order valence-electron chi connectivity index (χ3n) is 5.63. The minimum atomic E-state index is -0.300. The maximum absolute atomic E-state index is 12.9. The van der Waals surface area contributed by atoms with E-state index in [9.17, 15) is 9.59 Å². The summed E-state index contributed by atoms with van der Waals surface area (Å²) in [6.45, 7) is 4.72. The fourth-order valence-electron chi connectivity index (χ4n) is 4.11. The van der Waals surface area contributed by atoms with E-state index in [1.165, 1.54) is 0 Å². The van der Waals surface area contributed by atoms with Crippen LogP contribution in [0.5, 0.6) is 0 Å². The molecule has 1 fully saturated rings. The van der Waals surface area contributed by atoms with Crippen LogP contribution in [0.1, 0.15) is 42.4 Å². The van der Waals surface area contributed by atoms with Gasteiger partial charge in [-0.25, -0.2) is 4.79 Å². The number of pyridine rings is 1. The van der Waals surface area contributed by atoms with Crippen LogP contribution in [0.3, 0.4) is 0 Å². The highest BCUT2D eigenvalue weighted by molar-refractivity contribution is 5.77. The summed E-state index contributed by atoms with van der Waals surface area (Å²) < 4.78 is 3.33. The molecule has 0 saturated carbocycles. The van der Waals surface area contributed by atoms with E-state index in [0.717, 1.165) is 41.9 Å². The minimum Gasteiger partial charge on any atom is -0.334 e. The molecular weight excluding hydrogens is 380 g/mol. The van der Waals surface area contributed by atoms with Gasteiger partial charge in [-0.3, -0.25) is 19.0 Å². The van der Waals surface area contributed by atoms with Gasteiger partial charge in [0.2, 0.25) is 5.91 Å². The molecule has 156 valence electrons. The van der Waals surface area contributed by atoms with Crippen molar-refractivity contribution < 1.29 is 4.79 Å². The highest BCUT2D eigenvalue weighted by Crippen LogP contribution is 2.32. The quantitative estimate of drug-likeness (QED) is 0.650. The predicted molar refractivity (Wildman–Crippen MR) is 113 cm³/mol. The average Bonchev–Trinajstić information content (AvgIpc) is 3.36. The second-order valence-corrected chi connectivity index (χ2v) is 7.84. The second kappa shape index (κ2) is 8.22. The van der Waals surface area contributed by atoms with E-state index in [2.05, 4.69) is 15.1 Å². The average molecular weight is 406 g/mol. The van der Waals surface area contributed by atoms with Crippen LogP contribution in [0, 0.1) is 13.8 Å².